The standard InChI is InChI=1S/C11H15N5O3/c1-7-4-8(15(2)13-7)5-16-9(6-19-3)10(11(17)18)12-14-16/h4H,5-6H2,1-3H3,(H,17,18). The monoisotopic (exact) mass is 265 g/mol. The Labute approximate surface area is 109 Å². The lowest BCUT2D eigenvalue weighted by molar-refractivity contribution is 0.0684. The topological polar surface area (TPSA) is 95.1 Å². The molecule has 1 N–H and O–H groups in total. The Balaban J connectivity index is 2.34. The lowest BCUT2D eigenvalue weighted by atomic mass is 10.3. The molecule has 0 aliphatic carbocycles. The summed E-state index contributed by atoms with van der Waals surface area (Å²) in [4.78, 5) is 11.0. The number of carbonyl (C=O) groups is 1. The highest BCUT2D eigenvalue weighted by Gasteiger charge is 2.19. The van der Waals surface area contributed by atoms with Gasteiger partial charge in [0, 0.05) is 14.2 Å². The minimum absolute atomic E-state index is 0.0826. The van der Waals surface area contributed by atoms with E-state index >= 15 is 0 Å². The predicted octanol–water partition coefficient (Wildman–Crippen LogP) is 0.213. The van der Waals surface area contributed by atoms with Crippen LogP contribution in [-0.4, -0.2) is 43.0 Å². The highest BCUT2D eigenvalue weighted by Crippen LogP contribution is 2.11. The zero-order valence-electron chi connectivity index (χ0n) is 11.0. The zero-order valence-corrected chi connectivity index (χ0v) is 11.0. The molecule has 0 saturated carbocycles. The maximum atomic E-state index is 11.0. The molecule has 0 fully saturated rings. The second kappa shape index (κ2) is 5.19. The van der Waals surface area contributed by atoms with Crippen LogP contribution < -0.4 is 0 Å². The van der Waals surface area contributed by atoms with Crippen LogP contribution in [0.3, 0.4) is 0 Å². The molecule has 0 atom stereocenters. The quantitative estimate of drug-likeness (QED) is 0.830. The Morgan fingerprint density at radius 3 is 2.79 bits per heavy atom. The van der Waals surface area contributed by atoms with Crippen molar-refractivity contribution >= 4 is 5.97 Å². The van der Waals surface area contributed by atoms with Gasteiger partial charge in [0.05, 0.1) is 30.2 Å². The van der Waals surface area contributed by atoms with E-state index in [1.807, 2.05) is 20.0 Å². The molecular formula is C11H15N5O3. The van der Waals surface area contributed by atoms with Crippen molar-refractivity contribution in [2.24, 2.45) is 7.05 Å². The molecule has 0 aromatic carbocycles. The van der Waals surface area contributed by atoms with Crippen LogP contribution >= 0.6 is 0 Å². The lowest BCUT2D eigenvalue weighted by Crippen LogP contribution is -2.12. The number of aryl methyl sites for hydroxylation is 2. The normalized spacial score (nSPS) is 10.9. The van der Waals surface area contributed by atoms with Crippen LogP contribution in [0, 0.1) is 6.92 Å². The van der Waals surface area contributed by atoms with E-state index in [0.29, 0.717) is 12.2 Å². The molecule has 0 aliphatic rings. The van der Waals surface area contributed by atoms with Crippen LogP contribution in [0.2, 0.25) is 0 Å². The molecule has 0 bridgehead atoms. The van der Waals surface area contributed by atoms with Crippen molar-refractivity contribution in [1.82, 2.24) is 24.8 Å². The maximum Gasteiger partial charge on any atom is 0.358 e. The number of methoxy groups -OCH3 is 1. The van der Waals surface area contributed by atoms with Crippen molar-refractivity contribution in [3.05, 3.63) is 28.8 Å². The van der Waals surface area contributed by atoms with E-state index in [1.54, 1.807) is 4.68 Å². The van der Waals surface area contributed by atoms with Gasteiger partial charge in [-0.3, -0.25) is 4.68 Å². The summed E-state index contributed by atoms with van der Waals surface area (Å²) in [5.41, 5.74) is 2.16. The number of carboxylic acids is 1. The van der Waals surface area contributed by atoms with Crippen LogP contribution in [0.25, 0.3) is 0 Å². The number of ether oxygens (including phenoxy) is 1. The van der Waals surface area contributed by atoms with Gasteiger partial charge >= 0.3 is 5.97 Å². The molecule has 8 heteroatoms. The van der Waals surface area contributed by atoms with Crippen molar-refractivity contribution in [3.63, 3.8) is 0 Å². The Kier molecular flexibility index (Phi) is 3.61. The SMILES string of the molecule is COCc1c(C(=O)O)nnn1Cc1cc(C)nn1C. The molecule has 0 amide bonds. The predicted molar refractivity (Wildman–Crippen MR) is 64.7 cm³/mol. The number of rotatable bonds is 5. The summed E-state index contributed by atoms with van der Waals surface area (Å²) in [5.74, 6) is -1.11. The van der Waals surface area contributed by atoms with E-state index in [4.69, 9.17) is 9.84 Å². The first-order valence-corrected chi connectivity index (χ1v) is 5.67. The van der Waals surface area contributed by atoms with Gasteiger partial charge in [-0.1, -0.05) is 5.21 Å². The zero-order chi connectivity index (χ0) is 14.0. The number of aromatic carboxylic acids is 1. The third kappa shape index (κ3) is 2.63. The Hall–Kier alpha value is -2.22. The highest BCUT2D eigenvalue weighted by molar-refractivity contribution is 5.86. The van der Waals surface area contributed by atoms with E-state index in [9.17, 15) is 4.79 Å². The van der Waals surface area contributed by atoms with E-state index in [1.165, 1.54) is 11.8 Å². The number of aromatic nitrogens is 5. The molecule has 0 unspecified atom stereocenters. The van der Waals surface area contributed by atoms with Crippen LogP contribution in [-0.2, 0) is 24.9 Å². The van der Waals surface area contributed by atoms with E-state index in [2.05, 4.69) is 15.4 Å². The summed E-state index contributed by atoms with van der Waals surface area (Å²) in [6, 6.07) is 1.92. The van der Waals surface area contributed by atoms with Crippen LogP contribution in [0.4, 0.5) is 0 Å². The molecule has 102 valence electrons. The molecule has 2 aromatic heterocycles. The fraction of sp³-hybridized carbons (Fsp3) is 0.455. The smallest absolute Gasteiger partial charge is 0.358 e. The lowest BCUT2D eigenvalue weighted by Gasteiger charge is -2.06. The summed E-state index contributed by atoms with van der Waals surface area (Å²) in [5, 5.41) is 20.8. The van der Waals surface area contributed by atoms with Gasteiger partial charge in [0.1, 0.15) is 0 Å². The van der Waals surface area contributed by atoms with E-state index < -0.39 is 5.97 Å². The van der Waals surface area contributed by atoms with Crippen LogP contribution in [0.1, 0.15) is 27.6 Å². The van der Waals surface area contributed by atoms with Crippen LogP contribution in [0.15, 0.2) is 6.07 Å². The summed E-state index contributed by atoms with van der Waals surface area (Å²) in [7, 11) is 3.32. The first kappa shape index (κ1) is 13.2. The van der Waals surface area contributed by atoms with Crippen molar-refractivity contribution in [2.75, 3.05) is 7.11 Å². The molecule has 19 heavy (non-hydrogen) atoms. The first-order chi connectivity index (χ1) is 9.02. The molecule has 2 aromatic rings. The summed E-state index contributed by atoms with van der Waals surface area (Å²) < 4.78 is 8.25. The Morgan fingerprint density at radius 1 is 1.53 bits per heavy atom. The van der Waals surface area contributed by atoms with E-state index in [-0.39, 0.29) is 12.3 Å². The first-order valence-electron chi connectivity index (χ1n) is 5.67. The third-order valence-electron chi connectivity index (χ3n) is 2.73. The average Bonchev–Trinajstić information content (AvgIpc) is 2.85. The number of hydrogen-bond acceptors (Lipinski definition) is 5. The molecule has 2 heterocycles. The molecule has 0 aliphatic heterocycles. The van der Waals surface area contributed by atoms with Gasteiger partial charge < -0.3 is 9.84 Å². The Bertz CT molecular complexity index is 601. The maximum absolute atomic E-state index is 11.0. The van der Waals surface area contributed by atoms with Gasteiger partial charge in [0.25, 0.3) is 0 Å². The summed E-state index contributed by atoms with van der Waals surface area (Å²) in [6.45, 7) is 2.44. The number of nitrogens with zero attached hydrogens (tertiary/aromatic N) is 5. The second-order valence-electron chi connectivity index (χ2n) is 4.18. The number of carboxylic acid groups (broad SMARTS) is 1. The largest absolute Gasteiger partial charge is 0.476 e. The van der Waals surface area contributed by atoms with Gasteiger partial charge in [0.2, 0.25) is 0 Å². The fourth-order valence-corrected chi connectivity index (χ4v) is 1.87. The van der Waals surface area contributed by atoms with Crippen molar-refractivity contribution in [3.8, 4) is 0 Å². The molecular weight excluding hydrogens is 250 g/mol. The van der Waals surface area contributed by atoms with Crippen molar-refractivity contribution in [1.29, 1.82) is 0 Å². The minimum Gasteiger partial charge on any atom is -0.476 e. The summed E-state index contributed by atoms with van der Waals surface area (Å²) in [6.07, 6.45) is 0. The minimum atomic E-state index is -1.11. The average molecular weight is 265 g/mol. The van der Waals surface area contributed by atoms with Crippen molar-refractivity contribution in [2.45, 2.75) is 20.1 Å². The van der Waals surface area contributed by atoms with Gasteiger partial charge in [-0.15, -0.1) is 5.10 Å². The fourth-order valence-electron chi connectivity index (χ4n) is 1.87. The van der Waals surface area contributed by atoms with Crippen LogP contribution in [0.5, 0.6) is 0 Å². The molecule has 8 nitrogen and oxygen atoms in total. The highest BCUT2D eigenvalue weighted by atomic mass is 16.5. The van der Waals surface area contributed by atoms with Gasteiger partial charge in [-0.25, -0.2) is 9.48 Å². The second-order valence-corrected chi connectivity index (χ2v) is 4.18. The Morgan fingerprint density at radius 2 is 2.26 bits per heavy atom. The van der Waals surface area contributed by atoms with Gasteiger partial charge in [-0.05, 0) is 13.0 Å². The molecule has 2 rings (SSSR count). The van der Waals surface area contributed by atoms with E-state index in [0.717, 1.165) is 11.4 Å². The molecule has 0 radical (unpaired) electrons. The van der Waals surface area contributed by atoms with Crippen molar-refractivity contribution < 1.29 is 14.6 Å². The number of hydrogen-bond donors (Lipinski definition) is 1. The summed E-state index contributed by atoms with van der Waals surface area (Å²) >= 11 is 0. The van der Waals surface area contributed by atoms with Gasteiger partial charge in [0.15, 0.2) is 5.69 Å². The molecule has 0 saturated heterocycles. The van der Waals surface area contributed by atoms with Gasteiger partial charge in [-0.2, -0.15) is 5.10 Å². The molecule has 0 spiro atoms. The third-order valence-corrected chi connectivity index (χ3v) is 2.73.